The van der Waals surface area contributed by atoms with Gasteiger partial charge in [0, 0.05) is 12.0 Å². The Morgan fingerprint density at radius 3 is 2.53 bits per heavy atom. The van der Waals surface area contributed by atoms with Gasteiger partial charge in [0.1, 0.15) is 11.0 Å². The minimum atomic E-state index is 0.172. The standard InChI is InChI=1S/C15H25ClN2O/c1-5-7-8-9-10-11(3)19-15-12(4)14(16)17-13(6-2)18-15/h11H,5-10H2,1-4H3. The van der Waals surface area contributed by atoms with E-state index in [0.29, 0.717) is 11.0 Å². The van der Waals surface area contributed by atoms with Crippen LogP contribution in [-0.4, -0.2) is 16.1 Å². The van der Waals surface area contributed by atoms with Crippen molar-refractivity contribution < 1.29 is 4.74 Å². The maximum absolute atomic E-state index is 6.10. The molecule has 4 heteroatoms. The maximum atomic E-state index is 6.10. The Bertz CT molecular complexity index is 396. The second-order valence-corrected chi connectivity index (χ2v) is 5.35. The molecular weight excluding hydrogens is 260 g/mol. The van der Waals surface area contributed by atoms with Crippen molar-refractivity contribution in [1.82, 2.24) is 9.97 Å². The van der Waals surface area contributed by atoms with Crippen LogP contribution in [0.5, 0.6) is 5.88 Å². The van der Waals surface area contributed by atoms with Crippen LogP contribution in [0.3, 0.4) is 0 Å². The van der Waals surface area contributed by atoms with Gasteiger partial charge in [-0.05, 0) is 26.7 Å². The van der Waals surface area contributed by atoms with E-state index in [1.165, 1.54) is 25.7 Å². The third-order valence-electron chi connectivity index (χ3n) is 3.18. The van der Waals surface area contributed by atoms with Crippen molar-refractivity contribution in [3.05, 3.63) is 16.5 Å². The monoisotopic (exact) mass is 284 g/mol. The van der Waals surface area contributed by atoms with Crippen molar-refractivity contribution in [2.24, 2.45) is 0 Å². The van der Waals surface area contributed by atoms with E-state index in [0.717, 1.165) is 24.2 Å². The zero-order chi connectivity index (χ0) is 14.3. The van der Waals surface area contributed by atoms with Gasteiger partial charge < -0.3 is 4.74 Å². The highest BCUT2D eigenvalue weighted by atomic mass is 35.5. The molecular formula is C15H25ClN2O. The van der Waals surface area contributed by atoms with Gasteiger partial charge in [-0.2, -0.15) is 4.98 Å². The molecule has 0 aliphatic rings. The first-order valence-electron chi connectivity index (χ1n) is 7.28. The number of hydrogen-bond donors (Lipinski definition) is 0. The highest BCUT2D eigenvalue weighted by molar-refractivity contribution is 6.30. The first-order chi connectivity index (χ1) is 9.08. The average molecular weight is 285 g/mol. The molecule has 0 aromatic carbocycles. The van der Waals surface area contributed by atoms with Crippen molar-refractivity contribution >= 4 is 11.6 Å². The molecule has 108 valence electrons. The lowest BCUT2D eigenvalue weighted by atomic mass is 10.1. The van der Waals surface area contributed by atoms with Crippen LogP contribution in [0.25, 0.3) is 0 Å². The molecule has 1 aromatic rings. The third-order valence-corrected chi connectivity index (χ3v) is 3.55. The Morgan fingerprint density at radius 2 is 1.89 bits per heavy atom. The number of aromatic nitrogens is 2. The molecule has 1 aromatic heterocycles. The number of unbranched alkanes of at least 4 members (excludes halogenated alkanes) is 3. The molecule has 1 rings (SSSR count). The van der Waals surface area contributed by atoms with Gasteiger partial charge in [-0.1, -0.05) is 44.7 Å². The molecule has 3 nitrogen and oxygen atoms in total. The molecule has 1 atom stereocenters. The lowest BCUT2D eigenvalue weighted by Crippen LogP contribution is -2.14. The molecule has 0 saturated heterocycles. The van der Waals surface area contributed by atoms with Crippen molar-refractivity contribution in [3.63, 3.8) is 0 Å². The molecule has 0 spiro atoms. The lowest BCUT2D eigenvalue weighted by molar-refractivity contribution is 0.196. The average Bonchev–Trinajstić information content (AvgIpc) is 2.39. The maximum Gasteiger partial charge on any atom is 0.221 e. The highest BCUT2D eigenvalue weighted by Gasteiger charge is 2.12. The van der Waals surface area contributed by atoms with Gasteiger partial charge in [-0.3, -0.25) is 0 Å². The summed E-state index contributed by atoms with van der Waals surface area (Å²) in [5.41, 5.74) is 0.833. The van der Waals surface area contributed by atoms with Crippen LogP contribution in [0.1, 0.15) is 64.3 Å². The molecule has 1 unspecified atom stereocenters. The molecule has 0 aliphatic carbocycles. The molecule has 0 bridgehead atoms. The van der Waals surface area contributed by atoms with E-state index in [-0.39, 0.29) is 6.10 Å². The zero-order valence-electron chi connectivity index (χ0n) is 12.5. The fourth-order valence-electron chi connectivity index (χ4n) is 1.89. The molecule has 0 aliphatic heterocycles. The Morgan fingerprint density at radius 1 is 1.16 bits per heavy atom. The van der Waals surface area contributed by atoms with E-state index >= 15 is 0 Å². The summed E-state index contributed by atoms with van der Waals surface area (Å²) in [4.78, 5) is 8.64. The summed E-state index contributed by atoms with van der Waals surface area (Å²) >= 11 is 6.10. The van der Waals surface area contributed by atoms with Crippen LogP contribution in [0.2, 0.25) is 5.15 Å². The van der Waals surface area contributed by atoms with Crippen molar-refractivity contribution in [2.45, 2.75) is 72.3 Å². The SMILES string of the molecule is CCCCCCC(C)Oc1nc(CC)nc(Cl)c1C. The quantitative estimate of drug-likeness (QED) is 0.511. The van der Waals surface area contributed by atoms with E-state index in [2.05, 4.69) is 23.8 Å². The Labute approximate surface area is 121 Å². The molecule has 0 saturated carbocycles. The summed E-state index contributed by atoms with van der Waals surface area (Å²) in [5.74, 6) is 1.38. The second-order valence-electron chi connectivity index (χ2n) is 4.99. The fourth-order valence-corrected chi connectivity index (χ4v) is 2.07. The van der Waals surface area contributed by atoms with Crippen LogP contribution >= 0.6 is 11.6 Å². The van der Waals surface area contributed by atoms with Gasteiger partial charge in [-0.25, -0.2) is 4.98 Å². The van der Waals surface area contributed by atoms with E-state index in [4.69, 9.17) is 16.3 Å². The number of halogens is 1. The summed E-state index contributed by atoms with van der Waals surface area (Å²) in [6.45, 7) is 8.23. The van der Waals surface area contributed by atoms with E-state index < -0.39 is 0 Å². The third kappa shape index (κ3) is 5.35. The highest BCUT2D eigenvalue weighted by Crippen LogP contribution is 2.23. The van der Waals surface area contributed by atoms with Crippen LogP contribution in [-0.2, 0) is 6.42 Å². The number of aryl methyl sites for hydroxylation is 1. The van der Waals surface area contributed by atoms with Gasteiger partial charge in [0.15, 0.2) is 0 Å². The predicted molar refractivity (Wildman–Crippen MR) is 80.0 cm³/mol. The van der Waals surface area contributed by atoms with Crippen molar-refractivity contribution in [2.75, 3.05) is 0 Å². The topological polar surface area (TPSA) is 35.0 Å². The van der Waals surface area contributed by atoms with Crippen molar-refractivity contribution in [1.29, 1.82) is 0 Å². The summed E-state index contributed by atoms with van der Waals surface area (Å²) in [6.07, 6.45) is 7.03. The van der Waals surface area contributed by atoms with Gasteiger partial charge in [0.25, 0.3) is 0 Å². The smallest absolute Gasteiger partial charge is 0.221 e. The van der Waals surface area contributed by atoms with Crippen LogP contribution in [0, 0.1) is 6.92 Å². The summed E-state index contributed by atoms with van der Waals surface area (Å²) in [5, 5.41) is 0.500. The zero-order valence-corrected chi connectivity index (χ0v) is 13.3. The second kappa shape index (κ2) is 8.36. The molecule has 1 heterocycles. The fraction of sp³-hybridized carbons (Fsp3) is 0.733. The largest absolute Gasteiger partial charge is 0.474 e. The molecule has 0 amide bonds. The first-order valence-corrected chi connectivity index (χ1v) is 7.65. The molecule has 0 radical (unpaired) electrons. The minimum absolute atomic E-state index is 0.172. The van der Waals surface area contributed by atoms with Gasteiger partial charge >= 0.3 is 0 Å². The Balaban J connectivity index is 2.58. The summed E-state index contributed by atoms with van der Waals surface area (Å²) in [6, 6.07) is 0. The Hall–Kier alpha value is -0.830. The molecule has 0 N–H and O–H groups in total. The summed E-state index contributed by atoms with van der Waals surface area (Å²) < 4.78 is 5.91. The lowest BCUT2D eigenvalue weighted by Gasteiger charge is -2.16. The van der Waals surface area contributed by atoms with E-state index in [9.17, 15) is 0 Å². The molecule has 0 fully saturated rings. The molecule has 19 heavy (non-hydrogen) atoms. The van der Waals surface area contributed by atoms with Gasteiger partial charge in [0.2, 0.25) is 5.88 Å². The van der Waals surface area contributed by atoms with Gasteiger partial charge in [0.05, 0.1) is 6.10 Å². The van der Waals surface area contributed by atoms with Gasteiger partial charge in [-0.15, -0.1) is 0 Å². The van der Waals surface area contributed by atoms with E-state index in [1.54, 1.807) is 0 Å². The number of rotatable bonds is 8. The normalized spacial score (nSPS) is 12.5. The van der Waals surface area contributed by atoms with Crippen LogP contribution < -0.4 is 4.74 Å². The minimum Gasteiger partial charge on any atom is -0.474 e. The number of hydrogen-bond acceptors (Lipinski definition) is 3. The van der Waals surface area contributed by atoms with Crippen molar-refractivity contribution in [3.8, 4) is 5.88 Å². The first kappa shape index (κ1) is 16.2. The van der Waals surface area contributed by atoms with Crippen LogP contribution in [0.4, 0.5) is 0 Å². The predicted octanol–water partition coefficient (Wildman–Crippen LogP) is 4.74. The number of ether oxygens (including phenoxy) is 1. The van der Waals surface area contributed by atoms with E-state index in [1.807, 2.05) is 13.8 Å². The summed E-state index contributed by atoms with van der Waals surface area (Å²) in [7, 11) is 0. The van der Waals surface area contributed by atoms with Crippen LogP contribution in [0.15, 0.2) is 0 Å². The number of nitrogens with zero attached hydrogens (tertiary/aromatic N) is 2. The Kier molecular flexibility index (Phi) is 7.14.